The summed E-state index contributed by atoms with van der Waals surface area (Å²) in [5, 5.41) is 0. The van der Waals surface area contributed by atoms with Gasteiger partial charge in [-0.2, -0.15) is 26.3 Å². The predicted molar refractivity (Wildman–Crippen MR) is 180 cm³/mol. The van der Waals surface area contributed by atoms with E-state index in [0.29, 0.717) is 38.8 Å². The lowest BCUT2D eigenvalue weighted by molar-refractivity contribution is -0.156. The lowest BCUT2D eigenvalue weighted by Crippen LogP contribution is -2.66. The van der Waals surface area contributed by atoms with E-state index >= 15 is 0 Å². The monoisotopic (exact) mass is 736 g/mol. The van der Waals surface area contributed by atoms with Crippen molar-refractivity contribution in [1.29, 1.82) is 0 Å². The maximum absolute atomic E-state index is 14.9. The van der Waals surface area contributed by atoms with Gasteiger partial charge in [-0.1, -0.05) is 18.2 Å². The number of rotatable bonds is 12. The first-order valence-electron chi connectivity index (χ1n) is 17.1. The number of piperazine rings is 1. The van der Waals surface area contributed by atoms with Crippen LogP contribution in [0.5, 0.6) is 5.75 Å². The number of ether oxygens (including phenoxy) is 3. The van der Waals surface area contributed by atoms with Crippen LogP contribution in [-0.2, 0) is 33.0 Å². The van der Waals surface area contributed by atoms with Gasteiger partial charge in [-0.15, -0.1) is 0 Å². The number of alkyl halides is 6. The first kappa shape index (κ1) is 38.9. The summed E-state index contributed by atoms with van der Waals surface area (Å²) in [5.41, 5.74) is -2.44. The van der Waals surface area contributed by atoms with Crippen molar-refractivity contribution in [1.82, 2.24) is 14.8 Å². The van der Waals surface area contributed by atoms with Crippen LogP contribution < -0.4 is 9.64 Å². The molecule has 2 atom stereocenters. The van der Waals surface area contributed by atoms with Crippen molar-refractivity contribution >= 4 is 17.5 Å². The van der Waals surface area contributed by atoms with Crippen molar-refractivity contribution in [2.24, 2.45) is 0 Å². The Morgan fingerprint density at radius 2 is 1.63 bits per heavy atom. The fourth-order valence-electron chi connectivity index (χ4n) is 6.96. The number of methoxy groups -OCH3 is 2. The molecule has 3 heterocycles. The van der Waals surface area contributed by atoms with Gasteiger partial charge in [0.05, 0.1) is 29.3 Å². The molecule has 282 valence electrons. The smallest absolute Gasteiger partial charge is 0.417 e. The average molecular weight is 737 g/mol. The molecule has 0 saturated carbocycles. The Hall–Kier alpha value is -4.37. The molecule has 1 unspecified atom stereocenters. The SMILES string of the molecule is COCCCc1ccccc1N1CCN(C(=O)[C@]2(Oc3ccc(C(F)(F)F)cc3)CCCN(C(=O)c3cnccc3C(F)(F)F)C2)C(CCOC)C1. The third-order valence-electron chi connectivity index (χ3n) is 9.51. The number of pyridine rings is 1. The number of piperidine rings is 1. The Bertz CT molecular complexity index is 1670. The molecule has 52 heavy (non-hydrogen) atoms. The quantitative estimate of drug-likeness (QED) is 0.155. The summed E-state index contributed by atoms with van der Waals surface area (Å²) in [6, 6.07) is 12.2. The van der Waals surface area contributed by atoms with Crippen molar-refractivity contribution in [2.45, 2.75) is 56.1 Å². The zero-order valence-corrected chi connectivity index (χ0v) is 29.0. The van der Waals surface area contributed by atoms with Gasteiger partial charge in [0.1, 0.15) is 5.75 Å². The van der Waals surface area contributed by atoms with Crippen LogP contribution in [0.15, 0.2) is 67.0 Å². The fraction of sp³-hybridized carbons (Fsp3) is 0.486. The van der Waals surface area contributed by atoms with Gasteiger partial charge in [0.15, 0.2) is 0 Å². The van der Waals surface area contributed by atoms with Crippen molar-refractivity contribution < 1.29 is 50.1 Å². The standard InChI is InChI=1S/C37H42F6N4O5/c1-50-21-5-8-26-7-3-4-9-32(26)45-19-20-47(28(24-45)15-22-51-2)34(49)35(52-29-12-10-27(11-13-29)36(38,39)40)16-6-18-46(25-35)33(48)30-23-44-17-14-31(30)37(41,42)43/h3-4,7,9-14,17,23,28H,5-6,8,15-16,18-22,24-25H2,1-2H3/t28?,35-/m0/s1. The molecule has 2 aliphatic heterocycles. The summed E-state index contributed by atoms with van der Waals surface area (Å²) in [4.78, 5) is 37.4. The lowest BCUT2D eigenvalue weighted by atomic mass is 9.88. The van der Waals surface area contributed by atoms with Crippen LogP contribution in [0.1, 0.15) is 52.7 Å². The molecule has 2 aliphatic rings. The van der Waals surface area contributed by atoms with Crippen LogP contribution in [0.4, 0.5) is 32.0 Å². The van der Waals surface area contributed by atoms with Crippen molar-refractivity contribution in [3.05, 3.63) is 89.2 Å². The zero-order chi connectivity index (χ0) is 37.5. The van der Waals surface area contributed by atoms with E-state index in [0.717, 1.165) is 65.7 Å². The van der Waals surface area contributed by atoms with Gasteiger partial charge < -0.3 is 28.9 Å². The second-order valence-electron chi connectivity index (χ2n) is 13.0. The summed E-state index contributed by atoms with van der Waals surface area (Å²) in [5.74, 6) is -1.55. The number of benzene rings is 2. The van der Waals surface area contributed by atoms with E-state index in [1.807, 2.05) is 18.2 Å². The number of hydrogen-bond acceptors (Lipinski definition) is 7. The summed E-state index contributed by atoms with van der Waals surface area (Å²) in [6.45, 7) is 1.63. The molecule has 9 nitrogen and oxygen atoms in total. The highest BCUT2D eigenvalue weighted by atomic mass is 19.4. The second-order valence-corrected chi connectivity index (χ2v) is 13.0. The Kier molecular flexibility index (Phi) is 12.4. The molecule has 0 bridgehead atoms. The van der Waals surface area contributed by atoms with Gasteiger partial charge in [0, 0.05) is 71.7 Å². The molecule has 15 heteroatoms. The molecule has 0 N–H and O–H groups in total. The summed E-state index contributed by atoms with van der Waals surface area (Å²) in [6.07, 6.45) is -5.39. The number of amides is 2. The van der Waals surface area contributed by atoms with E-state index in [9.17, 15) is 35.9 Å². The van der Waals surface area contributed by atoms with Crippen LogP contribution in [0.3, 0.4) is 0 Å². The number of hydrogen-bond donors (Lipinski definition) is 0. The molecule has 2 aromatic carbocycles. The number of carbonyl (C=O) groups excluding carboxylic acids is 2. The van der Waals surface area contributed by atoms with Crippen LogP contribution >= 0.6 is 0 Å². The van der Waals surface area contributed by atoms with Crippen molar-refractivity contribution in [3.8, 4) is 5.75 Å². The first-order chi connectivity index (χ1) is 24.8. The molecule has 2 fully saturated rings. The van der Waals surface area contributed by atoms with E-state index in [2.05, 4.69) is 16.0 Å². The third-order valence-corrected chi connectivity index (χ3v) is 9.51. The van der Waals surface area contributed by atoms with Gasteiger partial charge >= 0.3 is 12.4 Å². The Balaban J connectivity index is 1.48. The van der Waals surface area contributed by atoms with Gasteiger partial charge in [0.25, 0.3) is 11.8 Å². The summed E-state index contributed by atoms with van der Waals surface area (Å²) in [7, 11) is 3.20. The van der Waals surface area contributed by atoms with E-state index in [4.69, 9.17) is 14.2 Å². The molecular formula is C37H42F6N4O5. The largest absolute Gasteiger partial charge is 0.476 e. The molecule has 0 radical (unpaired) electrons. The summed E-state index contributed by atoms with van der Waals surface area (Å²) < 4.78 is 98.9. The first-order valence-corrected chi connectivity index (χ1v) is 17.1. The molecule has 2 amide bonds. The fourth-order valence-corrected chi connectivity index (χ4v) is 6.96. The number of likely N-dealkylation sites (tertiary alicyclic amines) is 1. The Morgan fingerprint density at radius 3 is 2.33 bits per heavy atom. The van der Waals surface area contributed by atoms with Crippen molar-refractivity contribution in [2.75, 3.05) is 65.1 Å². The summed E-state index contributed by atoms with van der Waals surface area (Å²) >= 11 is 0. The average Bonchev–Trinajstić information content (AvgIpc) is 3.13. The van der Waals surface area contributed by atoms with Crippen LogP contribution in [0, 0.1) is 0 Å². The molecule has 2 saturated heterocycles. The second kappa shape index (κ2) is 16.5. The van der Waals surface area contributed by atoms with Crippen molar-refractivity contribution in [3.63, 3.8) is 0 Å². The minimum absolute atomic E-state index is 0.0250. The number of aryl methyl sites for hydroxylation is 1. The highest BCUT2D eigenvalue weighted by molar-refractivity contribution is 5.96. The van der Waals surface area contributed by atoms with Gasteiger partial charge in [-0.3, -0.25) is 14.6 Å². The van der Waals surface area contributed by atoms with E-state index in [1.54, 1.807) is 19.1 Å². The Labute approximate surface area is 298 Å². The van der Waals surface area contributed by atoms with Gasteiger partial charge in [-0.25, -0.2) is 0 Å². The third kappa shape index (κ3) is 8.98. The number of halogens is 6. The number of nitrogens with zero attached hydrogens (tertiary/aromatic N) is 4. The van der Waals surface area contributed by atoms with Crippen LogP contribution in [0.2, 0.25) is 0 Å². The normalized spacial score (nSPS) is 19.8. The maximum Gasteiger partial charge on any atom is 0.417 e. The predicted octanol–water partition coefficient (Wildman–Crippen LogP) is 6.51. The molecule has 0 aliphatic carbocycles. The molecule has 3 aromatic rings. The molecule has 5 rings (SSSR count). The zero-order valence-electron chi connectivity index (χ0n) is 29.0. The highest BCUT2D eigenvalue weighted by Gasteiger charge is 2.51. The van der Waals surface area contributed by atoms with Crippen LogP contribution in [0.25, 0.3) is 0 Å². The molecular weight excluding hydrogens is 694 g/mol. The maximum atomic E-state index is 14.9. The molecule has 1 aromatic heterocycles. The van der Waals surface area contributed by atoms with E-state index in [-0.39, 0.29) is 31.7 Å². The number of para-hydroxylation sites is 1. The number of carbonyl (C=O) groups is 2. The topological polar surface area (TPSA) is 84.4 Å². The van der Waals surface area contributed by atoms with E-state index in [1.165, 1.54) is 0 Å². The minimum Gasteiger partial charge on any atom is -0.476 e. The van der Waals surface area contributed by atoms with Gasteiger partial charge in [-0.05, 0) is 74.1 Å². The van der Waals surface area contributed by atoms with E-state index < -0.39 is 59.0 Å². The highest BCUT2D eigenvalue weighted by Crippen LogP contribution is 2.37. The van der Waals surface area contributed by atoms with Gasteiger partial charge in [0.2, 0.25) is 5.60 Å². The minimum atomic E-state index is -4.84. The lowest BCUT2D eigenvalue weighted by Gasteiger charge is -2.48. The Morgan fingerprint density at radius 1 is 0.904 bits per heavy atom. The van der Waals surface area contributed by atoms with Crippen LogP contribution in [-0.4, -0.2) is 98.4 Å². The number of anilines is 1. The molecule has 0 spiro atoms. The number of aromatic nitrogens is 1.